The standard InChI is InChI=1S/C16H26N4O2/c1-20(2)10-9-18-16(22)14-6-3-5-13(11-14)12-19-15(21)7-4-8-17/h3,5-6,11H,4,7-10,12,17H2,1-2H3,(H,18,22)(H,19,21). The van der Waals surface area contributed by atoms with Gasteiger partial charge in [-0.25, -0.2) is 0 Å². The topological polar surface area (TPSA) is 87.5 Å². The van der Waals surface area contributed by atoms with Crippen LogP contribution in [0.2, 0.25) is 0 Å². The van der Waals surface area contributed by atoms with Crippen LogP contribution in [0, 0.1) is 0 Å². The van der Waals surface area contributed by atoms with E-state index in [9.17, 15) is 9.59 Å². The van der Waals surface area contributed by atoms with Gasteiger partial charge in [0.15, 0.2) is 0 Å². The van der Waals surface area contributed by atoms with Crippen molar-refractivity contribution in [1.82, 2.24) is 15.5 Å². The van der Waals surface area contributed by atoms with Crippen molar-refractivity contribution in [3.05, 3.63) is 35.4 Å². The van der Waals surface area contributed by atoms with Crippen molar-refractivity contribution in [3.63, 3.8) is 0 Å². The van der Waals surface area contributed by atoms with Crippen LogP contribution in [-0.2, 0) is 11.3 Å². The maximum Gasteiger partial charge on any atom is 0.251 e. The lowest BCUT2D eigenvalue weighted by Gasteiger charge is -2.11. The summed E-state index contributed by atoms with van der Waals surface area (Å²) in [6.45, 7) is 2.33. The van der Waals surface area contributed by atoms with Crippen LogP contribution in [0.15, 0.2) is 24.3 Å². The average Bonchev–Trinajstić information content (AvgIpc) is 2.50. The minimum Gasteiger partial charge on any atom is -0.352 e. The van der Waals surface area contributed by atoms with Crippen LogP contribution in [0.4, 0.5) is 0 Å². The number of carbonyl (C=O) groups excluding carboxylic acids is 2. The Hall–Kier alpha value is -1.92. The Morgan fingerprint density at radius 1 is 1.23 bits per heavy atom. The zero-order valence-electron chi connectivity index (χ0n) is 13.4. The van der Waals surface area contributed by atoms with Crippen molar-refractivity contribution < 1.29 is 9.59 Å². The van der Waals surface area contributed by atoms with Crippen LogP contribution in [0.5, 0.6) is 0 Å². The Labute approximate surface area is 132 Å². The molecule has 0 unspecified atom stereocenters. The van der Waals surface area contributed by atoms with Crippen molar-refractivity contribution in [2.24, 2.45) is 5.73 Å². The second-order valence-electron chi connectivity index (χ2n) is 5.43. The summed E-state index contributed by atoms with van der Waals surface area (Å²) in [5.74, 6) is -0.121. The summed E-state index contributed by atoms with van der Waals surface area (Å²) in [6, 6.07) is 7.28. The Kier molecular flexibility index (Phi) is 8.17. The van der Waals surface area contributed by atoms with Crippen LogP contribution in [0.25, 0.3) is 0 Å². The molecule has 0 aromatic heterocycles. The number of nitrogens with one attached hydrogen (secondary N) is 2. The molecule has 4 N–H and O–H groups in total. The molecule has 2 amide bonds. The summed E-state index contributed by atoms with van der Waals surface area (Å²) in [4.78, 5) is 25.6. The molecule has 0 aliphatic rings. The number of amides is 2. The molecule has 1 rings (SSSR count). The monoisotopic (exact) mass is 306 g/mol. The van der Waals surface area contributed by atoms with Gasteiger partial charge in [-0.05, 0) is 44.8 Å². The molecule has 0 bridgehead atoms. The van der Waals surface area contributed by atoms with Crippen LogP contribution >= 0.6 is 0 Å². The van der Waals surface area contributed by atoms with E-state index >= 15 is 0 Å². The summed E-state index contributed by atoms with van der Waals surface area (Å²) in [7, 11) is 3.92. The molecule has 122 valence electrons. The lowest BCUT2D eigenvalue weighted by Crippen LogP contribution is -2.31. The first-order chi connectivity index (χ1) is 10.5. The molecule has 6 nitrogen and oxygen atoms in total. The molecule has 0 fully saturated rings. The fraction of sp³-hybridized carbons (Fsp3) is 0.500. The van der Waals surface area contributed by atoms with Crippen LogP contribution in [0.3, 0.4) is 0 Å². The quantitative estimate of drug-likeness (QED) is 0.614. The first-order valence-electron chi connectivity index (χ1n) is 7.51. The number of likely N-dealkylation sites (N-methyl/N-ethyl adjacent to an activating group) is 1. The van der Waals surface area contributed by atoms with Gasteiger partial charge in [-0.1, -0.05) is 12.1 Å². The zero-order chi connectivity index (χ0) is 16.4. The third kappa shape index (κ3) is 7.19. The highest BCUT2D eigenvalue weighted by molar-refractivity contribution is 5.94. The largest absolute Gasteiger partial charge is 0.352 e. The molecular formula is C16H26N4O2. The summed E-state index contributed by atoms with van der Waals surface area (Å²) in [6.07, 6.45) is 1.11. The minimum atomic E-state index is -0.0989. The molecule has 1 aromatic rings. The van der Waals surface area contributed by atoms with Gasteiger partial charge in [0.25, 0.3) is 5.91 Å². The number of nitrogens with zero attached hydrogens (tertiary/aromatic N) is 1. The van der Waals surface area contributed by atoms with E-state index in [2.05, 4.69) is 10.6 Å². The van der Waals surface area contributed by atoms with Crippen molar-refractivity contribution in [3.8, 4) is 0 Å². The zero-order valence-corrected chi connectivity index (χ0v) is 13.4. The van der Waals surface area contributed by atoms with Gasteiger partial charge in [-0.3, -0.25) is 9.59 Å². The average molecular weight is 306 g/mol. The molecule has 0 saturated carbocycles. The SMILES string of the molecule is CN(C)CCNC(=O)c1cccc(CNC(=O)CCCN)c1. The Balaban J connectivity index is 2.47. The molecule has 1 aromatic carbocycles. The second kappa shape index (κ2) is 9.92. The van der Waals surface area contributed by atoms with Gasteiger partial charge in [0, 0.05) is 31.6 Å². The van der Waals surface area contributed by atoms with Gasteiger partial charge in [-0.15, -0.1) is 0 Å². The molecule has 0 aliphatic carbocycles. The fourth-order valence-electron chi connectivity index (χ4n) is 1.87. The summed E-state index contributed by atoms with van der Waals surface area (Å²) >= 11 is 0. The Morgan fingerprint density at radius 3 is 2.68 bits per heavy atom. The van der Waals surface area contributed by atoms with E-state index in [-0.39, 0.29) is 11.8 Å². The van der Waals surface area contributed by atoms with Crippen LogP contribution < -0.4 is 16.4 Å². The lowest BCUT2D eigenvalue weighted by molar-refractivity contribution is -0.121. The first kappa shape index (κ1) is 18.1. The van der Waals surface area contributed by atoms with Crippen molar-refractivity contribution >= 4 is 11.8 Å². The van der Waals surface area contributed by atoms with Crippen LogP contribution in [-0.4, -0.2) is 50.4 Å². The van der Waals surface area contributed by atoms with E-state index < -0.39 is 0 Å². The summed E-state index contributed by atoms with van der Waals surface area (Å²) in [5.41, 5.74) is 6.88. The normalized spacial score (nSPS) is 10.5. The predicted octanol–water partition coefficient (Wildman–Crippen LogP) is 0.333. The van der Waals surface area contributed by atoms with E-state index in [0.717, 1.165) is 12.1 Å². The van der Waals surface area contributed by atoms with Gasteiger partial charge in [-0.2, -0.15) is 0 Å². The van der Waals surface area contributed by atoms with E-state index in [1.54, 1.807) is 12.1 Å². The van der Waals surface area contributed by atoms with Crippen molar-refractivity contribution in [1.29, 1.82) is 0 Å². The fourth-order valence-corrected chi connectivity index (χ4v) is 1.87. The summed E-state index contributed by atoms with van der Waals surface area (Å²) < 4.78 is 0. The summed E-state index contributed by atoms with van der Waals surface area (Å²) in [5, 5.41) is 5.69. The Morgan fingerprint density at radius 2 is 2.00 bits per heavy atom. The van der Waals surface area contributed by atoms with E-state index in [4.69, 9.17) is 5.73 Å². The van der Waals surface area contributed by atoms with Crippen molar-refractivity contribution in [2.45, 2.75) is 19.4 Å². The maximum absolute atomic E-state index is 12.0. The molecule has 0 heterocycles. The third-order valence-corrected chi connectivity index (χ3v) is 3.13. The Bertz CT molecular complexity index is 489. The van der Waals surface area contributed by atoms with E-state index in [0.29, 0.717) is 38.0 Å². The highest BCUT2D eigenvalue weighted by Crippen LogP contribution is 2.05. The molecule has 22 heavy (non-hydrogen) atoms. The smallest absolute Gasteiger partial charge is 0.251 e. The number of hydrogen-bond acceptors (Lipinski definition) is 4. The molecular weight excluding hydrogens is 280 g/mol. The lowest BCUT2D eigenvalue weighted by atomic mass is 10.1. The number of nitrogens with two attached hydrogens (primary N) is 1. The number of carbonyl (C=O) groups is 2. The minimum absolute atomic E-state index is 0.0220. The van der Waals surface area contributed by atoms with E-state index in [1.165, 1.54) is 0 Å². The van der Waals surface area contributed by atoms with Gasteiger partial charge in [0.1, 0.15) is 0 Å². The highest BCUT2D eigenvalue weighted by Gasteiger charge is 2.06. The van der Waals surface area contributed by atoms with Gasteiger partial charge in [0.2, 0.25) is 5.91 Å². The molecule has 0 aliphatic heterocycles. The third-order valence-electron chi connectivity index (χ3n) is 3.13. The second-order valence-corrected chi connectivity index (χ2v) is 5.43. The van der Waals surface area contributed by atoms with E-state index in [1.807, 2.05) is 31.1 Å². The van der Waals surface area contributed by atoms with Crippen molar-refractivity contribution in [2.75, 3.05) is 33.7 Å². The highest BCUT2D eigenvalue weighted by atomic mass is 16.2. The molecule has 0 atom stereocenters. The first-order valence-corrected chi connectivity index (χ1v) is 7.51. The molecule has 0 spiro atoms. The number of rotatable bonds is 9. The number of benzene rings is 1. The van der Waals surface area contributed by atoms with Gasteiger partial charge >= 0.3 is 0 Å². The number of hydrogen-bond donors (Lipinski definition) is 3. The molecule has 0 saturated heterocycles. The molecule has 6 heteroatoms. The maximum atomic E-state index is 12.0. The van der Waals surface area contributed by atoms with Gasteiger partial charge < -0.3 is 21.3 Å². The molecule has 0 radical (unpaired) electrons. The van der Waals surface area contributed by atoms with Crippen LogP contribution in [0.1, 0.15) is 28.8 Å². The van der Waals surface area contributed by atoms with Gasteiger partial charge in [0.05, 0.1) is 0 Å². The predicted molar refractivity (Wildman–Crippen MR) is 87.5 cm³/mol.